The van der Waals surface area contributed by atoms with Gasteiger partial charge in [0.1, 0.15) is 0 Å². The Balaban J connectivity index is 2.16. The quantitative estimate of drug-likeness (QED) is 0.798. The molecule has 0 saturated carbocycles. The highest BCUT2D eigenvalue weighted by Crippen LogP contribution is 2.43. The zero-order valence-corrected chi connectivity index (χ0v) is 11.5. The van der Waals surface area contributed by atoms with Gasteiger partial charge in [-0.15, -0.1) is 0 Å². The van der Waals surface area contributed by atoms with Crippen LogP contribution in [0.15, 0.2) is 12.1 Å². The lowest BCUT2D eigenvalue weighted by molar-refractivity contribution is 0.171. The average Bonchev–Trinajstić information content (AvgIpc) is 2.91. The Labute approximate surface area is 119 Å². The summed E-state index contributed by atoms with van der Waals surface area (Å²) < 4.78 is 29.3. The zero-order chi connectivity index (χ0) is 14.3. The van der Waals surface area contributed by atoms with E-state index in [1.54, 1.807) is 12.1 Å². The number of nitrogens with zero attached hydrogens (tertiary/aromatic N) is 2. The molecular weight excluding hydrogens is 287 g/mol. The summed E-state index contributed by atoms with van der Waals surface area (Å²) in [6, 6.07) is 3.39. The molecule has 0 unspecified atom stereocenters. The topological polar surface area (TPSA) is 53.5 Å². The second kappa shape index (κ2) is 4.79. The zero-order valence-electron chi connectivity index (χ0n) is 10.7. The van der Waals surface area contributed by atoms with E-state index in [4.69, 9.17) is 25.8 Å². The molecule has 0 N–H and O–H groups in total. The van der Waals surface area contributed by atoms with Gasteiger partial charge in [0.15, 0.2) is 28.3 Å². The number of benzene rings is 1. The summed E-state index contributed by atoms with van der Waals surface area (Å²) >= 11 is 5.75. The van der Waals surface area contributed by atoms with E-state index in [-0.39, 0.29) is 17.6 Å². The van der Waals surface area contributed by atoms with Crippen LogP contribution in [0.3, 0.4) is 0 Å². The number of aryl methyl sites for hydroxylation is 1. The molecule has 2 heterocycles. The molecule has 104 valence electrons. The summed E-state index contributed by atoms with van der Waals surface area (Å²) in [6.45, 7) is 1.65. The van der Waals surface area contributed by atoms with E-state index >= 15 is 0 Å². The lowest BCUT2D eigenvalue weighted by Crippen LogP contribution is -1.98. The van der Waals surface area contributed by atoms with Crippen molar-refractivity contribution in [1.29, 1.82) is 0 Å². The Morgan fingerprint density at radius 2 is 2.10 bits per heavy atom. The fourth-order valence-corrected chi connectivity index (χ4v) is 2.13. The highest BCUT2D eigenvalue weighted by Gasteiger charge is 2.22. The number of aromatic nitrogens is 2. The summed E-state index contributed by atoms with van der Waals surface area (Å²) in [5.41, 5.74) is 0.785. The minimum absolute atomic E-state index is 0.124. The normalized spacial score (nSPS) is 12.6. The van der Waals surface area contributed by atoms with Crippen molar-refractivity contribution in [1.82, 2.24) is 9.97 Å². The van der Waals surface area contributed by atoms with Crippen molar-refractivity contribution in [2.75, 3.05) is 13.9 Å². The van der Waals surface area contributed by atoms with E-state index in [0.717, 1.165) is 0 Å². The summed E-state index contributed by atoms with van der Waals surface area (Å²) in [5, 5.41) is -0.218. The average molecular weight is 297 g/mol. The number of rotatable bonds is 2. The van der Waals surface area contributed by atoms with Crippen molar-refractivity contribution in [3.63, 3.8) is 0 Å². The minimum atomic E-state index is -0.622. The molecule has 1 aliphatic heterocycles. The maximum absolute atomic E-state index is 13.5. The Morgan fingerprint density at radius 3 is 2.80 bits per heavy atom. The van der Waals surface area contributed by atoms with Crippen molar-refractivity contribution in [2.24, 2.45) is 0 Å². The molecule has 0 atom stereocenters. The molecule has 1 aromatic carbocycles. The Morgan fingerprint density at radius 1 is 1.30 bits per heavy atom. The molecule has 0 spiro atoms. The minimum Gasteiger partial charge on any atom is -0.493 e. The van der Waals surface area contributed by atoms with Gasteiger partial charge in [-0.3, -0.25) is 0 Å². The van der Waals surface area contributed by atoms with Crippen LogP contribution < -0.4 is 14.2 Å². The maximum Gasteiger partial charge on any atom is 0.231 e. The number of halogens is 2. The van der Waals surface area contributed by atoms with Crippen LogP contribution in [0.1, 0.15) is 5.69 Å². The number of ether oxygens (including phenoxy) is 3. The van der Waals surface area contributed by atoms with Gasteiger partial charge < -0.3 is 14.2 Å². The van der Waals surface area contributed by atoms with Gasteiger partial charge in [0.25, 0.3) is 0 Å². The van der Waals surface area contributed by atoms with Crippen molar-refractivity contribution in [3.8, 4) is 28.6 Å². The van der Waals surface area contributed by atoms with Crippen LogP contribution in [0, 0.1) is 12.7 Å². The third-order valence-corrected chi connectivity index (χ3v) is 3.14. The highest BCUT2D eigenvalue weighted by molar-refractivity contribution is 6.29. The third kappa shape index (κ3) is 2.02. The molecule has 0 radical (unpaired) electrons. The molecule has 1 aromatic heterocycles. The van der Waals surface area contributed by atoms with Crippen LogP contribution in [0.5, 0.6) is 17.2 Å². The van der Waals surface area contributed by atoms with E-state index in [1.807, 2.05) is 0 Å². The molecule has 20 heavy (non-hydrogen) atoms. The van der Waals surface area contributed by atoms with Gasteiger partial charge in [-0.25, -0.2) is 14.4 Å². The number of hydrogen-bond donors (Lipinski definition) is 0. The SMILES string of the molecule is COc1cc(-c2nc(C)c(F)c(Cl)n2)cc2c1OCO2. The highest BCUT2D eigenvalue weighted by atomic mass is 35.5. The Kier molecular flexibility index (Phi) is 3.10. The third-order valence-electron chi connectivity index (χ3n) is 2.89. The van der Waals surface area contributed by atoms with Gasteiger partial charge in [0, 0.05) is 5.56 Å². The molecular formula is C13H10ClFN2O3. The molecule has 3 rings (SSSR count). The Hall–Kier alpha value is -2.08. The van der Waals surface area contributed by atoms with Gasteiger partial charge in [0.05, 0.1) is 12.8 Å². The molecule has 1 aliphatic rings. The molecule has 0 saturated heterocycles. The van der Waals surface area contributed by atoms with Gasteiger partial charge in [-0.05, 0) is 19.1 Å². The standard InChI is InChI=1S/C13H10ClFN2O3/c1-6-10(15)12(14)17-13(16-6)7-3-8(18-2)11-9(4-7)19-5-20-11/h3-4H,5H2,1-2H3. The van der Waals surface area contributed by atoms with Gasteiger partial charge in [-0.2, -0.15) is 0 Å². The van der Waals surface area contributed by atoms with Crippen LogP contribution in [0.4, 0.5) is 4.39 Å². The summed E-state index contributed by atoms with van der Waals surface area (Å²) in [6.07, 6.45) is 0. The van der Waals surface area contributed by atoms with E-state index in [2.05, 4.69) is 9.97 Å². The van der Waals surface area contributed by atoms with Crippen molar-refractivity contribution >= 4 is 11.6 Å². The van der Waals surface area contributed by atoms with Gasteiger partial charge >= 0.3 is 0 Å². The molecule has 0 amide bonds. The first-order valence-electron chi connectivity index (χ1n) is 5.78. The maximum atomic E-state index is 13.5. The number of hydrogen-bond acceptors (Lipinski definition) is 5. The van der Waals surface area contributed by atoms with E-state index in [1.165, 1.54) is 14.0 Å². The number of fused-ring (bicyclic) bond motifs is 1. The lowest BCUT2D eigenvalue weighted by atomic mass is 10.1. The van der Waals surface area contributed by atoms with Crippen LogP contribution in [0.25, 0.3) is 11.4 Å². The molecule has 0 aliphatic carbocycles. The van der Waals surface area contributed by atoms with Gasteiger partial charge in [0.2, 0.25) is 12.5 Å². The van der Waals surface area contributed by atoms with Gasteiger partial charge in [-0.1, -0.05) is 11.6 Å². The fraction of sp³-hybridized carbons (Fsp3) is 0.231. The van der Waals surface area contributed by atoms with Crippen LogP contribution in [0.2, 0.25) is 5.15 Å². The number of methoxy groups -OCH3 is 1. The fourth-order valence-electron chi connectivity index (χ4n) is 1.91. The first-order chi connectivity index (χ1) is 9.60. The molecule has 7 heteroatoms. The summed E-state index contributed by atoms with van der Waals surface area (Å²) in [5.74, 6) is 1.23. The van der Waals surface area contributed by atoms with E-state index < -0.39 is 5.82 Å². The first kappa shape index (κ1) is 12.9. The second-order valence-electron chi connectivity index (χ2n) is 4.15. The van der Waals surface area contributed by atoms with Crippen molar-refractivity contribution in [2.45, 2.75) is 6.92 Å². The predicted molar refractivity (Wildman–Crippen MR) is 69.8 cm³/mol. The second-order valence-corrected chi connectivity index (χ2v) is 4.51. The largest absolute Gasteiger partial charge is 0.493 e. The molecule has 0 bridgehead atoms. The van der Waals surface area contributed by atoms with E-state index in [9.17, 15) is 4.39 Å². The molecule has 5 nitrogen and oxygen atoms in total. The summed E-state index contributed by atoms with van der Waals surface area (Å²) in [7, 11) is 1.52. The lowest BCUT2D eigenvalue weighted by Gasteiger charge is -2.08. The van der Waals surface area contributed by atoms with Crippen LogP contribution in [-0.2, 0) is 0 Å². The smallest absolute Gasteiger partial charge is 0.231 e. The first-order valence-corrected chi connectivity index (χ1v) is 6.15. The van der Waals surface area contributed by atoms with Crippen molar-refractivity contribution < 1.29 is 18.6 Å². The monoisotopic (exact) mass is 296 g/mol. The summed E-state index contributed by atoms with van der Waals surface area (Å²) in [4.78, 5) is 8.01. The van der Waals surface area contributed by atoms with Crippen molar-refractivity contribution in [3.05, 3.63) is 28.8 Å². The predicted octanol–water partition coefficient (Wildman–Crippen LogP) is 2.98. The molecule has 0 fully saturated rings. The van der Waals surface area contributed by atoms with Crippen LogP contribution >= 0.6 is 11.6 Å². The Bertz CT molecular complexity index is 671. The van der Waals surface area contributed by atoms with Crippen LogP contribution in [-0.4, -0.2) is 23.9 Å². The molecule has 2 aromatic rings. The van der Waals surface area contributed by atoms with E-state index in [0.29, 0.717) is 28.6 Å².